The summed E-state index contributed by atoms with van der Waals surface area (Å²) in [6, 6.07) is 5.41. The molecule has 2 nitrogen and oxygen atoms in total. The van der Waals surface area contributed by atoms with Gasteiger partial charge in [0.05, 0.1) is 0 Å². The van der Waals surface area contributed by atoms with Gasteiger partial charge in [-0.1, -0.05) is 6.07 Å². The molecule has 0 amide bonds. The topological polar surface area (TPSA) is 15.3 Å². The van der Waals surface area contributed by atoms with Crippen molar-refractivity contribution >= 4 is 5.69 Å². The summed E-state index contributed by atoms with van der Waals surface area (Å²) in [5.74, 6) is -0.170. The molecule has 0 aliphatic carbocycles. The number of hydrogen-bond acceptors (Lipinski definition) is 2. The molecule has 1 aliphatic heterocycles. The second kappa shape index (κ2) is 3.58. The summed E-state index contributed by atoms with van der Waals surface area (Å²) >= 11 is 0. The first-order chi connectivity index (χ1) is 6.68. The Morgan fingerprint density at radius 1 is 1.43 bits per heavy atom. The van der Waals surface area contributed by atoms with Crippen LogP contribution in [0.15, 0.2) is 18.2 Å². The van der Waals surface area contributed by atoms with E-state index in [1.165, 1.54) is 11.6 Å². The first-order valence-electron chi connectivity index (χ1n) is 4.88. The van der Waals surface area contributed by atoms with Crippen LogP contribution in [-0.2, 0) is 0 Å². The highest BCUT2D eigenvalue weighted by Gasteiger charge is 2.22. The Balaban J connectivity index is 2.36. The molecule has 1 heterocycles. The molecular formula is C11H15FN2. The summed E-state index contributed by atoms with van der Waals surface area (Å²) in [4.78, 5) is 1.96. The normalized spacial score (nSPS) is 20.4. The lowest BCUT2D eigenvalue weighted by molar-refractivity contribution is 0.383. The number of anilines is 1. The first-order valence-corrected chi connectivity index (χ1v) is 4.88. The number of benzene rings is 1. The summed E-state index contributed by atoms with van der Waals surface area (Å²) < 4.78 is 13.0. The molecule has 1 fully saturated rings. The minimum atomic E-state index is -0.170. The smallest absolute Gasteiger partial charge is 0.125 e. The molecule has 0 saturated carbocycles. The minimum absolute atomic E-state index is 0.170. The number of rotatable bonds is 2. The van der Waals surface area contributed by atoms with Crippen LogP contribution in [0.5, 0.6) is 0 Å². The first kappa shape index (κ1) is 9.46. The van der Waals surface area contributed by atoms with Crippen molar-refractivity contribution in [3.8, 4) is 0 Å². The van der Waals surface area contributed by atoms with Gasteiger partial charge in [0.2, 0.25) is 0 Å². The lowest BCUT2D eigenvalue weighted by Gasteiger charge is -2.31. The number of halogens is 1. The van der Waals surface area contributed by atoms with Crippen molar-refractivity contribution in [3.63, 3.8) is 0 Å². The SMILES string of the molecule is CN(C)c1cc(F)ccc1C1CCN1. The molecule has 0 aromatic heterocycles. The van der Waals surface area contributed by atoms with Gasteiger partial charge in [0.25, 0.3) is 0 Å². The van der Waals surface area contributed by atoms with Gasteiger partial charge < -0.3 is 10.2 Å². The molecule has 1 N–H and O–H groups in total. The van der Waals surface area contributed by atoms with Crippen LogP contribution in [0.4, 0.5) is 10.1 Å². The van der Waals surface area contributed by atoms with Crippen LogP contribution >= 0.6 is 0 Å². The molecule has 3 heteroatoms. The van der Waals surface area contributed by atoms with Crippen LogP contribution in [0.1, 0.15) is 18.0 Å². The van der Waals surface area contributed by atoms with Crippen LogP contribution in [-0.4, -0.2) is 20.6 Å². The van der Waals surface area contributed by atoms with E-state index in [9.17, 15) is 4.39 Å². The predicted molar refractivity (Wildman–Crippen MR) is 56.1 cm³/mol. The molecule has 1 aromatic rings. The van der Waals surface area contributed by atoms with Gasteiger partial charge in [-0.2, -0.15) is 0 Å². The van der Waals surface area contributed by atoms with Gasteiger partial charge in [-0.15, -0.1) is 0 Å². The maximum Gasteiger partial charge on any atom is 0.125 e. The zero-order chi connectivity index (χ0) is 10.1. The monoisotopic (exact) mass is 194 g/mol. The zero-order valence-corrected chi connectivity index (χ0v) is 8.55. The van der Waals surface area contributed by atoms with Crippen molar-refractivity contribution in [1.82, 2.24) is 5.32 Å². The lowest BCUT2D eigenvalue weighted by Crippen LogP contribution is -2.35. The summed E-state index contributed by atoms with van der Waals surface area (Å²) in [5.41, 5.74) is 2.17. The highest BCUT2D eigenvalue weighted by Crippen LogP contribution is 2.31. The predicted octanol–water partition coefficient (Wildman–Crippen LogP) is 1.93. The second-order valence-corrected chi connectivity index (χ2v) is 3.89. The molecule has 0 spiro atoms. The minimum Gasteiger partial charge on any atom is -0.377 e. The van der Waals surface area contributed by atoms with Crippen LogP contribution in [0.2, 0.25) is 0 Å². The van der Waals surface area contributed by atoms with E-state index >= 15 is 0 Å². The summed E-state index contributed by atoms with van der Waals surface area (Å²) in [6.45, 7) is 1.06. The van der Waals surface area contributed by atoms with E-state index in [-0.39, 0.29) is 5.82 Å². The molecule has 76 valence electrons. The largest absolute Gasteiger partial charge is 0.377 e. The molecule has 0 bridgehead atoms. The molecule has 1 saturated heterocycles. The average molecular weight is 194 g/mol. The van der Waals surface area contributed by atoms with Crippen LogP contribution in [0, 0.1) is 5.82 Å². The number of nitrogens with one attached hydrogen (secondary N) is 1. The maximum atomic E-state index is 13.0. The standard InChI is InChI=1S/C11H15FN2/c1-14(2)11-7-8(12)3-4-9(11)10-5-6-13-10/h3-4,7,10,13H,5-6H2,1-2H3. The fourth-order valence-electron chi connectivity index (χ4n) is 1.75. The van der Waals surface area contributed by atoms with Crippen LogP contribution in [0.25, 0.3) is 0 Å². The molecule has 1 atom stereocenters. The Kier molecular flexibility index (Phi) is 2.42. The third-order valence-electron chi connectivity index (χ3n) is 2.67. The molecule has 1 aliphatic rings. The summed E-state index contributed by atoms with van der Waals surface area (Å²) in [5, 5.41) is 3.33. The van der Waals surface area contributed by atoms with Crippen molar-refractivity contribution in [2.24, 2.45) is 0 Å². The molecular weight excluding hydrogens is 179 g/mol. The zero-order valence-electron chi connectivity index (χ0n) is 8.55. The Bertz CT molecular complexity index is 332. The van der Waals surface area contributed by atoms with Gasteiger partial charge in [0.1, 0.15) is 5.82 Å². The maximum absolute atomic E-state index is 13.0. The summed E-state index contributed by atoms with van der Waals surface area (Å²) in [7, 11) is 3.88. The molecule has 1 aromatic carbocycles. The molecule has 14 heavy (non-hydrogen) atoms. The Morgan fingerprint density at radius 2 is 2.14 bits per heavy atom. The number of nitrogens with zero attached hydrogens (tertiary/aromatic N) is 1. The Morgan fingerprint density at radius 3 is 2.64 bits per heavy atom. The quantitative estimate of drug-likeness (QED) is 0.773. The van der Waals surface area contributed by atoms with Crippen molar-refractivity contribution in [2.75, 3.05) is 25.5 Å². The van der Waals surface area contributed by atoms with Crippen molar-refractivity contribution in [3.05, 3.63) is 29.6 Å². The van der Waals surface area contributed by atoms with E-state index < -0.39 is 0 Å². The van der Waals surface area contributed by atoms with E-state index in [0.717, 1.165) is 18.7 Å². The fraction of sp³-hybridized carbons (Fsp3) is 0.455. The van der Waals surface area contributed by atoms with Gasteiger partial charge in [0, 0.05) is 25.8 Å². The molecule has 0 radical (unpaired) electrons. The third kappa shape index (κ3) is 1.60. The Labute approximate surface area is 83.7 Å². The van der Waals surface area contributed by atoms with Gasteiger partial charge in [0.15, 0.2) is 0 Å². The third-order valence-corrected chi connectivity index (χ3v) is 2.67. The molecule has 1 unspecified atom stereocenters. The van der Waals surface area contributed by atoms with E-state index in [1.807, 2.05) is 25.1 Å². The van der Waals surface area contributed by atoms with Crippen molar-refractivity contribution < 1.29 is 4.39 Å². The van der Waals surface area contributed by atoms with Gasteiger partial charge >= 0.3 is 0 Å². The van der Waals surface area contributed by atoms with E-state index in [2.05, 4.69) is 5.32 Å². The van der Waals surface area contributed by atoms with E-state index in [1.54, 1.807) is 6.07 Å². The van der Waals surface area contributed by atoms with Crippen molar-refractivity contribution in [2.45, 2.75) is 12.5 Å². The molecule has 2 rings (SSSR count). The van der Waals surface area contributed by atoms with Crippen LogP contribution < -0.4 is 10.2 Å². The number of hydrogen-bond donors (Lipinski definition) is 1. The lowest BCUT2D eigenvalue weighted by atomic mass is 9.96. The fourth-order valence-corrected chi connectivity index (χ4v) is 1.75. The van der Waals surface area contributed by atoms with Gasteiger partial charge in [-0.3, -0.25) is 0 Å². The van der Waals surface area contributed by atoms with Gasteiger partial charge in [-0.25, -0.2) is 4.39 Å². The van der Waals surface area contributed by atoms with Crippen molar-refractivity contribution in [1.29, 1.82) is 0 Å². The second-order valence-electron chi connectivity index (χ2n) is 3.89. The van der Waals surface area contributed by atoms with E-state index in [4.69, 9.17) is 0 Å². The van der Waals surface area contributed by atoms with Crippen LogP contribution in [0.3, 0.4) is 0 Å². The Hall–Kier alpha value is -1.09. The summed E-state index contributed by atoms with van der Waals surface area (Å²) in [6.07, 6.45) is 1.15. The highest BCUT2D eigenvalue weighted by atomic mass is 19.1. The van der Waals surface area contributed by atoms with Gasteiger partial charge in [-0.05, 0) is 30.7 Å². The highest BCUT2D eigenvalue weighted by molar-refractivity contribution is 5.54. The average Bonchev–Trinajstić information content (AvgIpc) is 2.04. The van der Waals surface area contributed by atoms with E-state index in [0.29, 0.717) is 6.04 Å².